The molecule has 4 nitrogen and oxygen atoms in total. The maximum absolute atomic E-state index is 12.6. The number of benzene rings is 3. The topological polar surface area (TPSA) is 62.0 Å². The zero-order chi connectivity index (χ0) is 17.4. The fourth-order valence-corrected chi connectivity index (χ4v) is 4.64. The number of fused-ring (bicyclic) bond motifs is 10. The number of hydrogen-bond acceptors (Lipinski definition) is 2. The summed E-state index contributed by atoms with van der Waals surface area (Å²) in [4.78, 5) is 28.8. The molecular weight excluding hydrogens is 324 g/mol. The van der Waals surface area contributed by atoms with Gasteiger partial charge in [-0.15, -0.1) is 0 Å². The highest BCUT2D eigenvalue weighted by molar-refractivity contribution is 6.32. The molecule has 3 aromatic carbocycles. The van der Waals surface area contributed by atoms with Gasteiger partial charge in [0.1, 0.15) is 0 Å². The number of rotatable bonds is 0. The Kier molecular flexibility index (Phi) is 2.45. The van der Waals surface area contributed by atoms with Gasteiger partial charge < -0.3 is 4.98 Å². The number of H-pyrrole nitrogens is 1. The summed E-state index contributed by atoms with van der Waals surface area (Å²) in [6.07, 6.45) is 1.64. The highest BCUT2D eigenvalue weighted by Crippen LogP contribution is 2.45. The molecule has 0 radical (unpaired) electrons. The lowest BCUT2D eigenvalue weighted by atomic mass is 9.80. The summed E-state index contributed by atoms with van der Waals surface area (Å²) in [5.74, 6) is -0.561. The highest BCUT2D eigenvalue weighted by atomic mass is 16.2. The molecule has 0 fully saturated rings. The van der Waals surface area contributed by atoms with Crippen molar-refractivity contribution in [1.29, 1.82) is 0 Å². The van der Waals surface area contributed by atoms with E-state index in [4.69, 9.17) is 0 Å². The summed E-state index contributed by atoms with van der Waals surface area (Å²) in [5.41, 5.74) is 7.52. The third kappa shape index (κ3) is 1.54. The molecule has 2 heterocycles. The van der Waals surface area contributed by atoms with Crippen molar-refractivity contribution in [2.45, 2.75) is 12.8 Å². The molecule has 6 rings (SSSR count). The molecule has 0 atom stereocenters. The number of aromatic nitrogens is 1. The number of nitrogens with one attached hydrogen (secondary N) is 2. The van der Waals surface area contributed by atoms with Gasteiger partial charge in [-0.1, -0.05) is 42.5 Å². The summed E-state index contributed by atoms with van der Waals surface area (Å²) < 4.78 is 0. The van der Waals surface area contributed by atoms with Gasteiger partial charge in [-0.3, -0.25) is 14.9 Å². The van der Waals surface area contributed by atoms with E-state index in [0.29, 0.717) is 11.1 Å². The number of para-hydroxylation sites is 1. The number of amides is 2. The van der Waals surface area contributed by atoms with E-state index in [1.807, 2.05) is 30.3 Å². The van der Waals surface area contributed by atoms with Gasteiger partial charge in [0.05, 0.1) is 16.6 Å². The molecule has 0 bridgehead atoms. The lowest BCUT2D eigenvalue weighted by molar-refractivity contribution is 0.0880. The fraction of sp³-hybridized carbons (Fsp3) is 0.0909. The van der Waals surface area contributed by atoms with Gasteiger partial charge in [-0.05, 0) is 35.6 Å². The maximum Gasteiger partial charge on any atom is 0.259 e. The van der Waals surface area contributed by atoms with Gasteiger partial charge in [0.2, 0.25) is 0 Å². The van der Waals surface area contributed by atoms with Crippen LogP contribution in [0.5, 0.6) is 0 Å². The van der Waals surface area contributed by atoms with Gasteiger partial charge in [-0.2, -0.15) is 0 Å². The van der Waals surface area contributed by atoms with Crippen molar-refractivity contribution in [2.75, 3.05) is 0 Å². The van der Waals surface area contributed by atoms with Crippen LogP contribution in [0.2, 0.25) is 0 Å². The molecule has 4 heteroatoms. The van der Waals surface area contributed by atoms with E-state index in [-0.39, 0.29) is 11.8 Å². The molecule has 0 saturated heterocycles. The fourth-order valence-electron chi connectivity index (χ4n) is 4.64. The van der Waals surface area contributed by atoms with Gasteiger partial charge in [0, 0.05) is 21.9 Å². The van der Waals surface area contributed by atoms with Gasteiger partial charge in [-0.25, -0.2) is 0 Å². The van der Waals surface area contributed by atoms with Crippen LogP contribution in [0.25, 0.3) is 32.9 Å². The van der Waals surface area contributed by atoms with Crippen LogP contribution < -0.4 is 5.32 Å². The number of imide groups is 1. The average molecular weight is 338 g/mol. The first-order chi connectivity index (χ1) is 12.7. The summed E-state index contributed by atoms with van der Waals surface area (Å²) in [5, 5.41) is 4.35. The Hall–Kier alpha value is -3.40. The lowest BCUT2D eigenvalue weighted by Gasteiger charge is -2.22. The molecule has 0 saturated carbocycles. The Morgan fingerprint density at radius 3 is 2.46 bits per heavy atom. The molecule has 1 aliphatic heterocycles. The summed E-state index contributed by atoms with van der Waals surface area (Å²) in [6.45, 7) is 0. The predicted molar refractivity (Wildman–Crippen MR) is 100 cm³/mol. The first-order valence-corrected chi connectivity index (χ1v) is 8.77. The number of carbonyl (C=O) groups excluding carboxylic acids is 2. The van der Waals surface area contributed by atoms with Crippen molar-refractivity contribution in [3.63, 3.8) is 0 Å². The Bertz CT molecular complexity index is 1300. The third-order valence-corrected chi connectivity index (χ3v) is 5.67. The zero-order valence-corrected chi connectivity index (χ0v) is 13.8. The van der Waals surface area contributed by atoms with Crippen molar-refractivity contribution >= 4 is 33.6 Å². The number of hydrogen-bond donors (Lipinski definition) is 2. The molecule has 0 unspecified atom stereocenters. The largest absolute Gasteiger partial charge is 0.354 e. The maximum atomic E-state index is 12.6. The van der Waals surface area contributed by atoms with Crippen LogP contribution in [0.1, 0.15) is 31.8 Å². The van der Waals surface area contributed by atoms with Gasteiger partial charge in [0.15, 0.2) is 0 Å². The van der Waals surface area contributed by atoms with Crippen molar-refractivity contribution in [2.24, 2.45) is 0 Å². The molecule has 1 aromatic heterocycles. The standard InChI is InChI=1S/C22H14N2O2/c25-21-18-14-10-9-11-5-1-2-6-12(11)16(14)20-17(19(18)22(26)24-21)13-7-3-4-8-15(13)23-20/h1-8,23H,9-10H2,(H,24,25,26). The molecule has 4 aromatic rings. The highest BCUT2D eigenvalue weighted by Gasteiger charge is 2.36. The van der Waals surface area contributed by atoms with E-state index in [1.54, 1.807) is 0 Å². The third-order valence-electron chi connectivity index (χ3n) is 5.67. The molecule has 2 N–H and O–H groups in total. The molecule has 2 aliphatic rings. The Balaban J connectivity index is 1.92. The van der Waals surface area contributed by atoms with Crippen LogP contribution in [0, 0.1) is 0 Å². The van der Waals surface area contributed by atoms with E-state index in [0.717, 1.165) is 51.3 Å². The number of carbonyl (C=O) groups is 2. The second-order valence-electron chi connectivity index (χ2n) is 6.96. The van der Waals surface area contributed by atoms with E-state index >= 15 is 0 Å². The minimum absolute atomic E-state index is 0.271. The Morgan fingerprint density at radius 2 is 1.54 bits per heavy atom. The van der Waals surface area contributed by atoms with Crippen molar-refractivity contribution in [1.82, 2.24) is 10.3 Å². The molecule has 26 heavy (non-hydrogen) atoms. The van der Waals surface area contributed by atoms with Crippen LogP contribution in [0.4, 0.5) is 0 Å². The molecule has 1 aliphatic carbocycles. The van der Waals surface area contributed by atoms with Crippen LogP contribution in [-0.4, -0.2) is 16.8 Å². The molecule has 2 amide bonds. The molecule has 124 valence electrons. The quantitative estimate of drug-likeness (QED) is 0.477. The van der Waals surface area contributed by atoms with Gasteiger partial charge in [0.25, 0.3) is 11.8 Å². The van der Waals surface area contributed by atoms with Crippen molar-refractivity contribution < 1.29 is 9.59 Å². The SMILES string of the molecule is O=C1NC(=O)c2c1c1c(c3[nH]c4ccccc4c23)-c2ccccc2CC1. The normalized spacial score (nSPS) is 15.1. The Morgan fingerprint density at radius 1 is 0.769 bits per heavy atom. The Labute approximate surface area is 148 Å². The number of aromatic amines is 1. The van der Waals surface area contributed by atoms with E-state index in [9.17, 15) is 9.59 Å². The first kappa shape index (κ1) is 13.8. The minimum atomic E-state index is -0.290. The van der Waals surface area contributed by atoms with E-state index in [2.05, 4.69) is 28.5 Å². The van der Waals surface area contributed by atoms with Crippen molar-refractivity contribution in [3.05, 3.63) is 70.8 Å². The summed E-state index contributed by atoms with van der Waals surface area (Å²) >= 11 is 0. The summed E-state index contributed by atoms with van der Waals surface area (Å²) in [6, 6.07) is 16.3. The van der Waals surface area contributed by atoms with E-state index < -0.39 is 0 Å². The van der Waals surface area contributed by atoms with Crippen molar-refractivity contribution in [3.8, 4) is 11.1 Å². The summed E-state index contributed by atoms with van der Waals surface area (Å²) in [7, 11) is 0. The second-order valence-corrected chi connectivity index (χ2v) is 6.96. The first-order valence-electron chi connectivity index (χ1n) is 8.77. The minimum Gasteiger partial charge on any atom is -0.354 e. The van der Waals surface area contributed by atoms with Crippen LogP contribution in [-0.2, 0) is 12.8 Å². The predicted octanol–water partition coefficient (Wildman–Crippen LogP) is 3.97. The smallest absolute Gasteiger partial charge is 0.259 e. The monoisotopic (exact) mass is 338 g/mol. The van der Waals surface area contributed by atoms with Crippen LogP contribution in [0.3, 0.4) is 0 Å². The molecule has 0 spiro atoms. The van der Waals surface area contributed by atoms with Crippen LogP contribution >= 0.6 is 0 Å². The second kappa shape index (κ2) is 4.61. The zero-order valence-electron chi connectivity index (χ0n) is 13.8. The van der Waals surface area contributed by atoms with Crippen LogP contribution in [0.15, 0.2) is 48.5 Å². The van der Waals surface area contributed by atoms with Gasteiger partial charge >= 0.3 is 0 Å². The lowest BCUT2D eigenvalue weighted by Crippen LogP contribution is -2.20. The number of aryl methyl sites for hydroxylation is 1. The average Bonchev–Trinajstić information content (AvgIpc) is 3.18. The van der Waals surface area contributed by atoms with E-state index in [1.165, 1.54) is 5.56 Å². The molecular formula is C22H14N2O2.